The van der Waals surface area contributed by atoms with Crippen LogP contribution in [0.1, 0.15) is 35.1 Å². The molecule has 0 fully saturated rings. The first-order chi connectivity index (χ1) is 11.5. The Balaban J connectivity index is 1.88. The molecule has 0 aliphatic heterocycles. The number of allylic oxidation sites excluding steroid dienone is 1. The minimum absolute atomic E-state index is 0.222. The van der Waals surface area contributed by atoms with Crippen molar-refractivity contribution < 1.29 is 12.6 Å². The summed E-state index contributed by atoms with van der Waals surface area (Å²) in [7, 11) is -3.37. The normalized spacial score (nSPS) is 14.1. The molecule has 0 bridgehead atoms. The number of rotatable bonds is 5. The summed E-state index contributed by atoms with van der Waals surface area (Å²) in [5, 5.41) is 0. The summed E-state index contributed by atoms with van der Waals surface area (Å²) in [6, 6.07) is 17.0. The van der Waals surface area contributed by atoms with Gasteiger partial charge in [0.05, 0.1) is 12.9 Å². The third kappa shape index (κ3) is 4.34. The Bertz CT molecular complexity index is 851. The van der Waals surface area contributed by atoms with Gasteiger partial charge in [0.1, 0.15) is 0 Å². The molecule has 0 spiro atoms. The summed E-state index contributed by atoms with van der Waals surface area (Å²) in [5.41, 5.74) is 6.48. The van der Waals surface area contributed by atoms with Crippen molar-refractivity contribution in [2.75, 3.05) is 12.9 Å². The second-order valence-electron chi connectivity index (χ2n) is 6.16. The summed E-state index contributed by atoms with van der Waals surface area (Å²) < 4.78 is 27.1. The molecule has 4 heteroatoms. The molecule has 1 aliphatic rings. The van der Waals surface area contributed by atoms with Gasteiger partial charge in [-0.1, -0.05) is 54.6 Å². The Labute approximate surface area is 144 Å². The highest BCUT2D eigenvalue weighted by atomic mass is 32.2. The Hall–Kier alpha value is -1.91. The van der Waals surface area contributed by atoms with Gasteiger partial charge in [0.15, 0.2) is 0 Å². The minimum atomic E-state index is -3.37. The number of hydrogen-bond donors (Lipinski definition) is 0. The summed E-state index contributed by atoms with van der Waals surface area (Å²) in [4.78, 5) is 0. The first-order valence-electron chi connectivity index (χ1n) is 8.24. The van der Waals surface area contributed by atoms with Crippen LogP contribution in [0.15, 0.2) is 48.5 Å². The zero-order valence-corrected chi connectivity index (χ0v) is 14.7. The molecule has 2 aromatic carbocycles. The quantitative estimate of drug-likeness (QED) is 0.607. The highest BCUT2D eigenvalue weighted by Gasteiger charge is 2.13. The lowest BCUT2D eigenvalue weighted by Gasteiger charge is -2.18. The number of hydrogen-bond acceptors (Lipinski definition) is 3. The molecular formula is C20H22O3S. The van der Waals surface area contributed by atoms with Crippen molar-refractivity contribution in [2.24, 2.45) is 0 Å². The number of aryl methyl sites for hydroxylation is 2. The maximum Gasteiger partial charge on any atom is 0.264 e. The van der Waals surface area contributed by atoms with Gasteiger partial charge in [0, 0.05) is 0 Å². The first kappa shape index (κ1) is 16.9. The van der Waals surface area contributed by atoms with Crippen LogP contribution in [0.2, 0.25) is 0 Å². The lowest BCUT2D eigenvalue weighted by atomic mass is 9.87. The van der Waals surface area contributed by atoms with Gasteiger partial charge in [-0.15, -0.1) is 0 Å². The lowest BCUT2D eigenvalue weighted by Crippen LogP contribution is -2.05. The fourth-order valence-corrected chi connectivity index (χ4v) is 3.59. The van der Waals surface area contributed by atoms with E-state index in [1.165, 1.54) is 27.8 Å². The Morgan fingerprint density at radius 2 is 1.62 bits per heavy atom. The van der Waals surface area contributed by atoms with Gasteiger partial charge in [-0.2, -0.15) is 8.42 Å². The van der Waals surface area contributed by atoms with E-state index in [2.05, 4.69) is 54.6 Å². The zero-order valence-electron chi connectivity index (χ0n) is 13.9. The fraction of sp³-hybridized carbons (Fsp3) is 0.300. The smallest absolute Gasteiger partial charge is 0.264 e. The molecule has 0 heterocycles. The van der Waals surface area contributed by atoms with Crippen molar-refractivity contribution >= 4 is 21.8 Å². The molecule has 0 atom stereocenters. The van der Waals surface area contributed by atoms with Crippen LogP contribution in [0.3, 0.4) is 0 Å². The summed E-state index contributed by atoms with van der Waals surface area (Å²) >= 11 is 0. The monoisotopic (exact) mass is 342 g/mol. The van der Waals surface area contributed by atoms with Gasteiger partial charge in [0.25, 0.3) is 10.1 Å². The number of benzene rings is 2. The number of fused-ring (bicyclic) bond motifs is 2. The highest BCUT2D eigenvalue weighted by Crippen LogP contribution is 2.30. The van der Waals surface area contributed by atoms with Crippen LogP contribution in [0.25, 0.3) is 11.6 Å². The third-order valence-corrected chi connectivity index (χ3v) is 4.89. The average molecular weight is 342 g/mol. The van der Waals surface area contributed by atoms with E-state index in [1.54, 1.807) is 0 Å². The van der Waals surface area contributed by atoms with Gasteiger partial charge < -0.3 is 0 Å². The molecule has 0 saturated heterocycles. The molecular weight excluding hydrogens is 320 g/mol. The SMILES string of the molecule is CS(=O)(=O)OCCCC1=Cc2ccccc2CCc2ccccc21. The van der Waals surface area contributed by atoms with Crippen LogP contribution in [0.4, 0.5) is 0 Å². The summed E-state index contributed by atoms with van der Waals surface area (Å²) in [6.07, 6.45) is 6.86. The molecule has 3 nitrogen and oxygen atoms in total. The van der Waals surface area contributed by atoms with E-state index in [0.29, 0.717) is 6.42 Å². The Morgan fingerprint density at radius 1 is 0.958 bits per heavy atom. The molecule has 0 radical (unpaired) electrons. The molecule has 0 unspecified atom stereocenters. The van der Waals surface area contributed by atoms with Crippen molar-refractivity contribution in [1.82, 2.24) is 0 Å². The molecule has 0 aromatic heterocycles. The molecule has 3 rings (SSSR count). The van der Waals surface area contributed by atoms with E-state index >= 15 is 0 Å². The molecule has 0 N–H and O–H groups in total. The summed E-state index contributed by atoms with van der Waals surface area (Å²) in [5.74, 6) is 0. The maximum atomic E-state index is 11.1. The van der Waals surface area contributed by atoms with Gasteiger partial charge in [-0.3, -0.25) is 4.18 Å². The van der Waals surface area contributed by atoms with Crippen LogP contribution in [0.5, 0.6) is 0 Å². The van der Waals surface area contributed by atoms with Crippen molar-refractivity contribution in [3.05, 3.63) is 70.8 Å². The molecule has 24 heavy (non-hydrogen) atoms. The van der Waals surface area contributed by atoms with Crippen molar-refractivity contribution in [3.8, 4) is 0 Å². The van der Waals surface area contributed by atoms with E-state index in [-0.39, 0.29) is 6.61 Å². The highest BCUT2D eigenvalue weighted by molar-refractivity contribution is 7.85. The predicted octanol–water partition coefficient (Wildman–Crippen LogP) is 4.08. The molecule has 2 aromatic rings. The fourth-order valence-electron chi connectivity index (χ4n) is 3.17. The van der Waals surface area contributed by atoms with Gasteiger partial charge in [0.2, 0.25) is 0 Å². The van der Waals surface area contributed by atoms with E-state index in [9.17, 15) is 8.42 Å². The Morgan fingerprint density at radius 3 is 2.42 bits per heavy atom. The molecule has 0 amide bonds. The van der Waals surface area contributed by atoms with Crippen LogP contribution >= 0.6 is 0 Å². The second kappa shape index (κ2) is 7.32. The molecule has 0 saturated carbocycles. The average Bonchev–Trinajstić information content (AvgIpc) is 2.54. The Kier molecular flexibility index (Phi) is 5.17. The van der Waals surface area contributed by atoms with Gasteiger partial charge >= 0.3 is 0 Å². The van der Waals surface area contributed by atoms with E-state index in [4.69, 9.17) is 4.18 Å². The maximum absolute atomic E-state index is 11.1. The van der Waals surface area contributed by atoms with Gasteiger partial charge in [-0.05, 0) is 53.5 Å². The third-order valence-electron chi connectivity index (χ3n) is 4.30. The van der Waals surface area contributed by atoms with Crippen molar-refractivity contribution in [1.29, 1.82) is 0 Å². The van der Waals surface area contributed by atoms with Crippen LogP contribution in [-0.4, -0.2) is 21.3 Å². The topological polar surface area (TPSA) is 43.4 Å². The van der Waals surface area contributed by atoms with E-state index in [0.717, 1.165) is 25.5 Å². The minimum Gasteiger partial charge on any atom is -0.270 e. The first-order valence-corrected chi connectivity index (χ1v) is 10.1. The van der Waals surface area contributed by atoms with Crippen molar-refractivity contribution in [2.45, 2.75) is 25.7 Å². The standard InChI is InChI=1S/C20H22O3S/c1-24(21,22)23-14-6-10-19-15-18-9-3-2-7-16(18)12-13-17-8-4-5-11-20(17)19/h2-5,7-9,11,15H,6,10,12-14H2,1H3. The van der Waals surface area contributed by atoms with Crippen molar-refractivity contribution in [3.63, 3.8) is 0 Å². The largest absolute Gasteiger partial charge is 0.270 e. The predicted molar refractivity (Wildman–Crippen MR) is 98.2 cm³/mol. The van der Waals surface area contributed by atoms with E-state index in [1.807, 2.05) is 0 Å². The van der Waals surface area contributed by atoms with Gasteiger partial charge in [-0.25, -0.2) is 0 Å². The van der Waals surface area contributed by atoms with Crippen LogP contribution in [-0.2, 0) is 27.1 Å². The molecule has 126 valence electrons. The lowest BCUT2D eigenvalue weighted by molar-refractivity contribution is 0.317. The second-order valence-corrected chi connectivity index (χ2v) is 7.80. The zero-order chi connectivity index (χ0) is 17.0. The van der Waals surface area contributed by atoms with Crippen LogP contribution in [0, 0.1) is 0 Å². The molecule has 1 aliphatic carbocycles. The summed E-state index contributed by atoms with van der Waals surface area (Å²) in [6.45, 7) is 0.222. The van der Waals surface area contributed by atoms with E-state index < -0.39 is 10.1 Å². The van der Waals surface area contributed by atoms with Crippen LogP contribution < -0.4 is 0 Å².